The maximum Gasteiger partial charge on any atom is 0.306 e. The molecule has 2 aromatic rings. The molecule has 5 heteroatoms. The second-order valence-electron chi connectivity index (χ2n) is 7.99. The minimum Gasteiger partial charge on any atom is -0.481 e. The average Bonchev–Trinajstić information content (AvgIpc) is 3.17. The summed E-state index contributed by atoms with van der Waals surface area (Å²) in [5, 5.41) is 9.34. The Bertz CT molecular complexity index is 838. The number of carbonyl (C=O) groups is 1. The molecule has 0 saturated carbocycles. The van der Waals surface area contributed by atoms with Gasteiger partial charge in [-0.15, -0.1) is 0 Å². The Morgan fingerprint density at radius 2 is 1.57 bits per heavy atom. The Balaban J connectivity index is 1.66. The van der Waals surface area contributed by atoms with E-state index in [-0.39, 0.29) is 18.8 Å². The monoisotopic (exact) mass is 381 g/mol. The van der Waals surface area contributed by atoms with Crippen molar-refractivity contribution in [2.45, 2.75) is 38.6 Å². The van der Waals surface area contributed by atoms with Crippen LogP contribution >= 0.6 is 0 Å². The van der Waals surface area contributed by atoms with Crippen molar-refractivity contribution in [3.63, 3.8) is 0 Å². The molecule has 1 N–H and O–H groups in total. The Morgan fingerprint density at radius 3 is 2.21 bits per heavy atom. The maximum atomic E-state index is 11.4. The number of benzene rings is 2. The third-order valence-corrected chi connectivity index (χ3v) is 5.88. The summed E-state index contributed by atoms with van der Waals surface area (Å²) in [7, 11) is 0. The predicted octanol–water partition coefficient (Wildman–Crippen LogP) is 4.42. The van der Waals surface area contributed by atoms with Gasteiger partial charge in [0, 0.05) is 0 Å². The third kappa shape index (κ3) is 3.72. The van der Waals surface area contributed by atoms with E-state index in [4.69, 9.17) is 9.47 Å². The number of nitrogens with zero attached hydrogens (tertiary/aromatic N) is 1. The molecule has 0 aromatic heterocycles. The molecule has 148 valence electrons. The quantitative estimate of drug-likeness (QED) is 0.831. The van der Waals surface area contributed by atoms with Gasteiger partial charge in [-0.3, -0.25) is 9.69 Å². The van der Waals surface area contributed by atoms with Crippen molar-refractivity contribution in [3.05, 3.63) is 59.2 Å². The van der Waals surface area contributed by atoms with Crippen LogP contribution in [0.15, 0.2) is 42.5 Å². The summed E-state index contributed by atoms with van der Waals surface area (Å²) in [4.78, 5) is 13.7. The van der Waals surface area contributed by atoms with Crippen molar-refractivity contribution in [2.75, 3.05) is 19.9 Å². The van der Waals surface area contributed by atoms with Gasteiger partial charge in [-0.1, -0.05) is 44.2 Å². The first-order valence-corrected chi connectivity index (χ1v) is 9.99. The van der Waals surface area contributed by atoms with Gasteiger partial charge in [0.15, 0.2) is 11.5 Å². The highest BCUT2D eigenvalue weighted by Gasteiger charge is 2.31. The second kappa shape index (κ2) is 7.84. The van der Waals surface area contributed by atoms with E-state index < -0.39 is 5.97 Å². The zero-order valence-electron chi connectivity index (χ0n) is 16.4. The number of ether oxygens (including phenoxy) is 2. The highest BCUT2D eigenvalue weighted by Crippen LogP contribution is 2.39. The molecule has 2 heterocycles. The van der Waals surface area contributed by atoms with Crippen LogP contribution in [-0.2, 0) is 4.79 Å². The van der Waals surface area contributed by atoms with Gasteiger partial charge in [-0.25, -0.2) is 0 Å². The van der Waals surface area contributed by atoms with E-state index in [1.165, 1.54) is 11.1 Å². The minimum absolute atomic E-state index is 0.0745. The third-order valence-electron chi connectivity index (χ3n) is 5.88. The number of hydrogen-bond donors (Lipinski definition) is 1. The fourth-order valence-electron chi connectivity index (χ4n) is 4.17. The molecule has 5 nitrogen and oxygen atoms in total. The van der Waals surface area contributed by atoms with Gasteiger partial charge in [-0.05, 0) is 60.7 Å². The largest absolute Gasteiger partial charge is 0.481 e. The van der Waals surface area contributed by atoms with Gasteiger partial charge in [0.2, 0.25) is 6.79 Å². The summed E-state index contributed by atoms with van der Waals surface area (Å²) < 4.78 is 11.1. The molecule has 4 rings (SSSR count). The number of fused-ring (bicyclic) bond motifs is 1. The highest BCUT2D eigenvalue weighted by atomic mass is 16.7. The number of carboxylic acid groups (broad SMARTS) is 1. The van der Waals surface area contributed by atoms with Crippen molar-refractivity contribution in [2.24, 2.45) is 5.92 Å². The Kier molecular flexibility index (Phi) is 5.27. The Morgan fingerprint density at radius 1 is 0.964 bits per heavy atom. The van der Waals surface area contributed by atoms with Crippen molar-refractivity contribution >= 4 is 5.97 Å². The zero-order chi connectivity index (χ0) is 19.7. The molecule has 0 amide bonds. The van der Waals surface area contributed by atoms with Gasteiger partial charge >= 0.3 is 5.97 Å². The highest BCUT2D eigenvalue weighted by molar-refractivity contribution is 5.70. The zero-order valence-corrected chi connectivity index (χ0v) is 16.4. The van der Waals surface area contributed by atoms with E-state index >= 15 is 0 Å². The van der Waals surface area contributed by atoms with Gasteiger partial charge in [0.1, 0.15) is 0 Å². The van der Waals surface area contributed by atoms with E-state index in [0.29, 0.717) is 18.8 Å². The first-order valence-electron chi connectivity index (χ1n) is 9.99. The molecule has 28 heavy (non-hydrogen) atoms. The molecule has 0 spiro atoms. The van der Waals surface area contributed by atoms with Gasteiger partial charge in [0.25, 0.3) is 0 Å². The summed E-state index contributed by atoms with van der Waals surface area (Å²) in [6.07, 6.45) is 1.36. The fraction of sp³-hybridized carbons (Fsp3) is 0.435. The number of hydrogen-bond acceptors (Lipinski definition) is 4. The van der Waals surface area contributed by atoms with Crippen molar-refractivity contribution in [1.82, 2.24) is 4.90 Å². The van der Waals surface area contributed by atoms with Crippen LogP contribution in [0.25, 0.3) is 0 Å². The summed E-state index contributed by atoms with van der Waals surface area (Å²) >= 11 is 0. The van der Waals surface area contributed by atoms with Gasteiger partial charge < -0.3 is 14.6 Å². The molecular weight excluding hydrogens is 354 g/mol. The molecule has 0 aliphatic carbocycles. The van der Waals surface area contributed by atoms with Crippen molar-refractivity contribution in [1.29, 1.82) is 0 Å². The van der Waals surface area contributed by atoms with E-state index in [9.17, 15) is 9.90 Å². The smallest absolute Gasteiger partial charge is 0.306 e. The standard InChI is InChI=1S/C23H27NO4/c1-15(2)16-3-5-17(6-4-16)22(24-11-9-18(10-12-24)23(25)26)19-7-8-20-21(13-19)28-14-27-20/h3-8,13,15,18,22H,9-12,14H2,1-2H3,(H,25,26). The molecule has 1 saturated heterocycles. The van der Waals surface area contributed by atoms with Crippen molar-refractivity contribution in [3.8, 4) is 11.5 Å². The van der Waals surface area contributed by atoms with E-state index in [2.05, 4.69) is 55.1 Å². The molecule has 2 aromatic carbocycles. The lowest BCUT2D eigenvalue weighted by molar-refractivity contribution is -0.143. The van der Waals surface area contributed by atoms with Crippen LogP contribution in [0.4, 0.5) is 0 Å². The molecule has 1 unspecified atom stereocenters. The van der Waals surface area contributed by atoms with Crippen LogP contribution in [-0.4, -0.2) is 35.9 Å². The van der Waals surface area contributed by atoms with E-state index in [1.807, 2.05) is 6.07 Å². The van der Waals surface area contributed by atoms with Crippen molar-refractivity contribution < 1.29 is 19.4 Å². The van der Waals surface area contributed by atoms with Gasteiger partial charge in [0.05, 0.1) is 12.0 Å². The second-order valence-corrected chi connectivity index (χ2v) is 7.99. The van der Waals surface area contributed by atoms with E-state index in [1.54, 1.807) is 0 Å². The first kappa shape index (κ1) is 18.8. The molecule has 1 atom stereocenters. The molecule has 1 fully saturated rings. The summed E-state index contributed by atoms with van der Waals surface area (Å²) in [5.41, 5.74) is 3.69. The maximum absolute atomic E-state index is 11.4. The summed E-state index contributed by atoms with van der Waals surface area (Å²) in [5.74, 6) is 1.13. The van der Waals surface area contributed by atoms with Crippen LogP contribution in [0, 0.1) is 5.92 Å². The average molecular weight is 381 g/mol. The summed E-state index contributed by atoms with van der Waals surface area (Å²) in [6.45, 7) is 6.18. The Hall–Kier alpha value is -2.53. The van der Waals surface area contributed by atoms with Crippen LogP contribution in [0.3, 0.4) is 0 Å². The lowest BCUT2D eigenvalue weighted by atomic mass is 9.90. The number of rotatable bonds is 5. The topological polar surface area (TPSA) is 59.0 Å². The molecule has 0 radical (unpaired) electrons. The number of carboxylic acids is 1. The van der Waals surface area contributed by atoms with E-state index in [0.717, 1.165) is 30.2 Å². The number of likely N-dealkylation sites (tertiary alicyclic amines) is 1. The number of piperidine rings is 1. The lowest BCUT2D eigenvalue weighted by Crippen LogP contribution is -2.39. The molecular formula is C23H27NO4. The van der Waals surface area contributed by atoms with Crippen LogP contribution < -0.4 is 9.47 Å². The Labute approximate surface area is 165 Å². The lowest BCUT2D eigenvalue weighted by Gasteiger charge is -2.37. The normalized spacial score (nSPS) is 18.4. The molecule has 2 aliphatic heterocycles. The van der Waals surface area contributed by atoms with Crippen LogP contribution in [0.2, 0.25) is 0 Å². The van der Waals surface area contributed by atoms with Crippen LogP contribution in [0.5, 0.6) is 11.5 Å². The minimum atomic E-state index is -0.680. The first-order chi connectivity index (χ1) is 13.5. The number of aliphatic carboxylic acids is 1. The predicted molar refractivity (Wildman–Crippen MR) is 107 cm³/mol. The van der Waals surface area contributed by atoms with Gasteiger partial charge in [-0.2, -0.15) is 0 Å². The SMILES string of the molecule is CC(C)c1ccc(C(c2ccc3c(c2)OCO3)N2CCC(C(=O)O)CC2)cc1. The van der Waals surface area contributed by atoms with Crippen LogP contribution in [0.1, 0.15) is 55.3 Å². The summed E-state index contributed by atoms with van der Waals surface area (Å²) in [6, 6.07) is 15.0. The fourth-order valence-corrected chi connectivity index (χ4v) is 4.17. The molecule has 2 aliphatic rings. The molecule has 0 bridgehead atoms.